The highest BCUT2D eigenvalue weighted by Gasteiger charge is 2.14. The monoisotopic (exact) mass is 658 g/mol. The molecule has 4 aromatic carbocycles. The van der Waals surface area contributed by atoms with Crippen LogP contribution in [0.3, 0.4) is 0 Å². The van der Waals surface area contributed by atoms with Gasteiger partial charge in [0, 0.05) is 9.79 Å². The second-order valence-electron chi connectivity index (χ2n) is 9.18. The Kier molecular flexibility index (Phi) is 9.02. The molecule has 14 heteroatoms. The van der Waals surface area contributed by atoms with Gasteiger partial charge in [-0.2, -0.15) is 0 Å². The second-order valence-corrected chi connectivity index (χ2v) is 12.2. The van der Waals surface area contributed by atoms with Crippen LogP contribution < -0.4 is 20.1 Å². The van der Waals surface area contributed by atoms with E-state index in [2.05, 4.69) is 43.2 Å². The summed E-state index contributed by atoms with van der Waals surface area (Å²) in [6.07, 6.45) is 0. The van der Waals surface area contributed by atoms with Crippen molar-refractivity contribution in [2.75, 3.05) is 24.9 Å². The first kappa shape index (κ1) is 29.6. The molecule has 6 rings (SSSR count). The summed E-state index contributed by atoms with van der Waals surface area (Å²) in [6.45, 7) is 0. The fourth-order valence-corrected chi connectivity index (χ4v) is 7.07. The van der Waals surface area contributed by atoms with E-state index in [1.807, 2.05) is 94.1 Å². The number of H-pyrrole nitrogens is 2. The van der Waals surface area contributed by atoms with Crippen LogP contribution in [0.1, 0.15) is 0 Å². The van der Waals surface area contributed by atoms with Crippen LogP contribution in [-0.4, -0.2) is 43.7 Å². The number of nitrogens with one attached hydrogen (secondary N) is 4. The average molecular weight is 659 g/mol. The third-order valence-corrected chi connectivity index (χ3v) is 9.52. The molecule has 2 aromatic heterocycles. The van der Waals surface area contributed by atoms with Crippen molar-refractivity contribution < 1.29 is 9.47 Å². The minimum absolute atomic E-state index is 0.477. The molecule has 0 aliphatic rings. The number of hydrogen-bond donors (Lipinski definition) is 4. The third-order valence-electron chi connectivity index (χ3n) is 6.49. The first-order valence-corrected chi connectivity index (χ1v) is 16.2. The van der Waals surface area contributed by atoms with Gasteiger partial charge >= 0.3 is 0 Å². The summed E-state index contributed by atoms with van der Waals surface area (Å²) in [5, 5.41) is 21.6. The molecule has 0 amide bonds. The molecule has 44 heavy (non-hydrogen) atoms. The van der Waals surface area contributed by atoms with E-state index in [1.54, 1.807) is 35.8 Å². The molecule has 0 unspecified atom stereocenters. The molecule has 0 radical (unpaired) electrons. The van der Waals surface area contributed by atoms with Crippen molar-refractivity contribution in [1.29, 1.82) is 0 Å². The SMILES string of the molecule is COc1ccc(-n2c(Nc3ccccc3SSc3ccccc3Nc3n[nH]c(=S)n3-c3ccc(OC)cc3)n[nH]c2=S)cc1. The van der Waals surface area contributed by atoms with E-state index in [4.69, 9.17) is 33.9 Å². The molecule has 0 atom stereocenters. The predicted molar refractivity (Wildman–Crippen MR) is 182 cm³/mol. The lowest BCUT2D eigenvalue weighted by Crippen LogP contribution is -2.03. The van der Waals surface area contributed by atoms with Crippen LogP contribution in [0.15, 0.2) is 107 Å². The molecule has 0 saturated heterocycles. The van der Waals surface area contributed by atoms with Gasteiger partial charge in [0.05, 0.1) is 37.0 Å². The highest BCUT2D eigenvalue weighted by Crippen LogP contribution is 2.44. The minimum Gasteiger partial charge on any atom is -0.497 e. The van der Waals surface area contributed by atoms with E-state index < -0.39 is 0 Å². The van der Waals surface area contributed by atoms with E-state index in [-0.39, 0.29) is 0 Å². The molecule has 6 aromatic rings. The van der Waals surface area contributed by atoms with E-state index in [0.717, 1.165) is 44.0 Å². The van der Waals surface area contributed by atoms with Gasteiger partial charge in [0.15, 0.2) is 0 Å². The summed E-state index contributed by atoms with van der Waals surface area (Å²) in [4.78, 5) is 2.03. The van der Waals surface area contributed by atoms with Crippen molar-refractivity contribution in [2.45, 2.75) is 9.79 Å². The van der Waals surface area contributed by atoms with E-state index in [0.29, 0.717) is 21.4 Å². The van der Waals surface area contributed by atoms with Crippen molar-refractivity contribution in [3.05, 3.63) is 107 Å². The maximum absolute atomic E-state index is 5.54. The lowest BCUT2D eigenvalue weighted by atomic mass is 10.3. The minimum atomic E-state index is 0.477. The highest BCUT2D eigenvalue weighted by atomic mass is 33.1. The van der Waals surface area contributed by atoms with Crippen LogP contribution >= 0.6 is 46.0 Å². The Morgan fingerprint density at radius 3 is 1.36 bits per heavy atom. The number of methoxy groups -OCH3 is 2. The van der Waals surface area contributed by atoms with Crippen molar-refractivity contribution >= 4 is 69.3 Å². The number of benzene rings is 4. The van der Waals surface area contributed by atoms with Gasteiger partial charge in [0.1, 0.15) is 11.5 Å². The molecule has 10 nitrogen and oxygen atoms in total. The van der Waals surface area contributed by atoms with Gasteiger partial charge in [-0.1, -0.05) is 45.9 Å². The number of aromatic amines is 2. The number of ether oxygens (including phenoxy) is 2. The maximum Gasteiger partial charge on any atom is 0.232 e. The molecule has 0 aliphatic carbocycles. The molecule has 0 saturated carbocycles. The Morgan fingerprint density at radius 1 is 0.591 bits per heavy atom. The fraction of sp³-hybridized carbons (Fsp3) is 0.0667. The van der Waals surface area contributed by atoms with Gasteiger partial charge < -0.3 is 20.1 Å². The molecule has 222 valence electrons. The Morgan fingerprint density at radius 2 is 0.977 bits per heavy atom. The van der Waals surface area contributed by atoms with Crippen LogP contribution in [0, 0.1) is 9.54 Å². The summed E-state index contributed by atoms with van der Waals surface area (Å²) >= 11 is 11.1. The molecule has 0 spiro atoms. The first-order chi connectivity index (χ1) is 21.5. The number of aromatic nitrogens is 6. The van der Waals surface area contributed by atoms with Gasteiger partial charge in [0.25, 0.3) is 0 Å². The van der Waals surface area contributed by atoms with Gasteiger partial charge in [0.2, 0.25) is 21.4 Å². The van der Waals surface area contributed by atoms with Gasteiger partial charge in [-0.05, 0) is 97.2 Å². The Balaban J connectivity index is 1.22. The van der Waals surface area contributed by atoms with Gasteiger partial charge in [-0.3, -0.25) is 9.13 Å². The molecule has 0 fully saturated rings. The summed E-state index contributed by atoms with van der Waals surface area (Å²) in [5.74, 6) is 2.67. The zero-order chi connectivity index (χ0) is 30.5. The zero-order valence-corrected chi connectivity index (χ0v) is 26.7. The smallest absolute Gasteiger partial charge is 0.232 e. The third kappa shape index (κ3) is 6.38. The number of hydrogen-bond acceptors (Lipinski definition) is 10. The lowest BCUT2D eigenvalue weighted by Gasteiger charge is -2.14. The predicted octanol–water partition coefficient (Wildman–Crippen LogP) is 8.48. The summed E-state index contributed by atoms with van der Waals surface area (Å²) in [7, 11) is 6.52. The summed E-state index contributed by atoms with van der Waals surface area (Å²) < 4.78 is 15.2. The molecular weight excluding hydrogens is 633 g/mol. The Labute approximate surface area is 271 Å². The maximum atomic E-state index is 5.54. The molecule has 4 N–H and O–H groups in total. The Hall–Kier alpha value is -4.50. The largest absolute Gasteiger partial charge is 0.497 e. The highest BCUT2D eigenvalue weighted by molar-refractivity contribution is 8.76. The standard InChI is InChI=1S/C30H26N8O2S4/c1-39-21-15-11-19(12-16-21)37-27(33-35-29(37)41)31-23-7-3-5-9-25(23)43-44-26-10-6-4-8-24(26)32-28-34-36-30(42)38(28)20-13-17-22(40-2)18-14-20/h3-18H,1-2H3,(H,31,33)(H,32,34)(H,35,41)(H,36,42). The topological polar surface area (TPSA) is 110 Å². The Bertz CT molecular complexity index is 1850. The van der Waals surface area contributed by atoms with Crippen LogP contribution in [0.4, 0.5) is 23.3 Å². The van der Waals surface area contributed by atoms with E-state index >= 15 is 0 Å². The van der Waals surface area contributed by atoms with Crippen LogP contribution in [-0.2, 0) is 0 Å². The molecule has 2 heterocycles. The first-order valence-electron chi connectivity index (χ1n) is 13.2. The fourth-order valence-electron chi connectivity index (χ4n) is 4.32. The second kappa shape index (κ2) is 13.4. The molecular formula is C30H26N8O2S4. The van der Waals surface area contributed by atoms with E-state index in [1.165, 1.54) is 0 Å². The van der Waals surface area contributed by atoms with Gasteiger partial charge in [-0.15, -0.1) is 10.2 Å². The number of rotatable bonds is 11. The average Bonchev–Trinajstić information content (AvgIpc) is 3.62. The zero-order valence-electron chi connectivity index (χ0n) is 23.5. The molecule has 0 aliphatic heterocycles. The van der Waals surface area contributed by atoms with Crippen LogP contribution in [0.2, 0.25) is 0 Å². The van der Waals surface area contributed by atoms with Crippen molar-refractivity contribution in [1.82, 2.24) is 29.5 Å². The van der Waals surface area contributed by atoms with Crippen LogP contribution in [0.5, 0.6) is 11.5 Å². The van der Waals surface area contributed by atoms with Crippen molar-refractivity contribution in [3.8, 4) is 22.9 Å². The van der Waals surface area contributed by atoms with Gasteiger partial charge in [-0.25, -0.2) is 10.2 Å². The summed E-state index contributed by atoms with van der Waals surface area (Å²) in [5.41, 5.74) is 3.50. The van der Waals surface area contributed by atoms with Crippen molar-refractivity contribution in [2.24, 2.45) is 0 Å². The number of anilines is 4. The lowest BCUT2D eigenvalue weighted by molar-refractivity contribution is 0.414. The quantitative estimate of drug-likeness (QED) is 0.0799. The summed E-state index contributed by atoms with van der Waals surface area (Å²) in [6, 6.07) is 31.4. The number of nitrogens with zero attached hydrogens (tertiary/aromatic N) is 4. The van der Waals surface area contributed by atoms with E-state index in [9.17, 15) is 0 Å². The normalized spacial score (nSPS) is 10.9. The number of para-hydroxylation sites is 2. The van der Waals surface area contributed by atoms with Crippen LogP contribution in [0.25, 0.3) is 11.4 Å². The molecule has 0 bridgehead atoms. The van der Waals surface area contributed by atoms with Crippen molar-refractivity contribution in [3.63, 3.8) is 0 Å².